The van der Waals surface area contributed by atoms with E-state index in [0.29, 0.717) is 12.8 Å². The molecule has 8 heteroatoms. The summed E-state index contributed by atoms with van der Waals surface area (Å²) in [6.07, 6.45) is 7.89. The minimum Gasteiger partial charge on any atom is -0.459 e. The number of aryl methyl sites for hydroxylation is 2. The van der Waals surface area contributed by atoms with Crippen molar-refractivity contribution >= 4 is 17.3 Å². The number of carbonyl (C=O) groups excluding carboxylic acids is 1. The maximum absolute atomic E-state index is 12.6. The van der Waals surface area contributed by atoms with E-state index in [2.05, 4.69) is 24.3 Å². The summed E-state index contributed by atoms with van der Waals surface area (Å²) in [6.45, 7) is 0. The van der Waals surface area contributed by atoms with E-state index in [0.717, 1.165) is 63.1 Å². The highest BCUT2D eigenvalue weighted by Gasteiger charge is 2.23. The molecule has 0 N–H and O–H groups in total. The highest BCUT2D eigenvalue weighted by molar-refractivity contribution is 5.91. The Bertz CT molecular complexity index is 909. The van der Waals surface area contributed by atoms with Crippen molar-refractivity contribution in [1.29, 1.82) is 0 Å². The standard InChI is InChI=1S/C23H26N2O6/c26-23(19-14-20(24(27)28)16-21(15-19)25(29)30)31-22-8-3-1-2-6-17-10-12-18(13-11-17)7-4-5-9-22/h10-16,22H,1-9H2/t22-/m0/s1. The molecule has 2 bridgehead atoms. The number of nitrogens with zero attached hydrogens (tertiary/aromatic N) is 2. The molecule has 0 unspecified atom stereocenters. The Balaban J connectivity index is 1.68. The van der Waals surface area contributed by atoms with Crippen molar-refractivity contribution in [3.8, 4) is 0 Å². The van der Waals surface area contributed by atoms with Gasteiger partial charge in [0.05, 0.1) is 21.5 Å². The van der Waals surface area contributed by atoms with Gasteiger partial charge in [-0.1, -0.05) is 30.7 Å². The van der Waals surface area contributed by atoms with Gasteiger partial charge in [0.1, 0.15) is 6.10 Å². The van der Waals surface area contributed by atoms with E-state index in [4.69, 9.17) is 4.74 Å². The average Bonchev–Trinajstić information content (AvgIpc) is 2.76. The fraction of sp³-hybridized carbons (Fsp3) is 0.435. The second-order valence-electron chi connectivity index (χ2n) is 7.94. The number of hydrogen-bond acceptors (Lipinski definition) is 6. The Labute approximate surface area is 180 Å². The van der Waals surface area contributed by atoms with E-state index >= 15 is 0 Å². The Morgan fingerprint density at radius 2 is 1.26 bits per heavy atom. The fourth-order valence-corrected chi connectivity index (χ4v) is 3.86. The summed E-state index contributed by atoms with van der Waals surface area (Å²) in [4.78, 5) is 33.3. The van der Waals surface area contributed by atoms with E-state index in [1.807, 2.05) is 0 Å². The van der Waals surface area contributed by atoms with Gasteiger partial charge in [-0.3, -0.25) is 20.2 Å². The van der Waals surface area contributed by atoms with Gasteiger partial charge in [0.15, 0.2) is 0 Å². The number of nitro benzene ring substituents is 2. The molecular formula is C23H26N2O6. The third kappa shape index (κ3) is 6.60. The van der Waals surface area contributed by atoms with Crippen LogP contribution in [0.4, 0.5) is 11.4 Å². The largest absolute Gasteiger partial charge is 0.459 e. The van der Waals surface area contributed by atoms with Gasteiger partial charge < -0.3 is 4.74 Å². The second kappa shape index (κ2) is 10.7. The Kier molecular flexibility index (Phi) is 7.70. The highest BCUT2D eigenvalue weighted by atomic mass is 16.6. The van der Waals surface area contributed by atoms with Crippen LogP contribution in [-0.4, -0.2) is 21.9 Å². The molecule has 0 heterocycles. The molecule has 2 aliphatic rings. The van der Waals surface area contributed by atoms with Gasteiger partial charge in [0.25, 0.3) is 11.4 Å². The summed E-state index contributed by atoms with van der Waals surface area (Å²) < 4.78 is 5.64. The van der Waals surface area contributed by atoms with E-state index < -0.39 is 27.2 Å². The molecule has 2 aromatic carbocycles. The van der Waals surface area contributed by atoms with Gasteiger partial charge >= 0.3 is 5.97 Å². The molecule has 0 aliphatic heterocycles. The molecule has 31 heavy (non-hydrogen) atoms. The predicted molar refractivity (Wildman–Crippen MR) is 115 cm³/mol. The lowest BCUT2D eigenvalue weighted by Crippen LogP contribution is -2.19. The van der Waals surface area contributed by atoms with Gasteiger partial charge in [-0.25, -0.2) is 4.79 Å². The molecule has 0 spiro atoms. The molecule has 0 saturated carbocycles. The molecule has 0 aromatic heterocycles. The first-order chi connectivity index (χ1) is 14.9. The molecule has 1 atom stereocenters. The van der Waals surface area contributed by atoms with Crippen LogP contribution in [0.15, 0.2) is 42.5 Å². The van der Waals surface area contributed by atoms with Crippen molar-refractivity contribution in [2.24, 2.45) is 0 Å². The van der Waals surface area contributed by atoms with Crippen LogP contribution in [0.25, 0.3) is 0 Å². The number of fused-ring (bicyclic) bond motifs is 11. The van der Waals surface area contributed by atoms with Crippen molar-refractivity contribution in [3.63, 3.8) is 0 Å². The van der Waals surface area contributed by atoms with Gasteiger partial charge in [0.2, 0.25) is 0 Å². The van der Waals surface area contributed by atoms with Crippen LogP contribution in [0.1, 0.15) is 66.4 Å². The Hall–Kier alpha value is -3.29. The van der Waals surface area contributed by atoms with E-state index in [1.165, 1.54) is 11.1 Å². The Morgan fingerprint density at radius 3 is 1.77 bits per heavy atom. The van der Waals surface area contributed by atoms with E-state index in [-0.39, 0.29) is 11.7 Å². The first kappa shape index (κ1) is 22.4. The zero-order valence-electron chi connectivity index (χ0n) is 17.3. The van der Waals surface area contributed by atoms with Crippen molar-refractivity contribution in [1.82, 2.24) is 0 Å². The van der Waals surface area contributed by atoms with Crippen LogP contribution in [0, 0.1) is 20.2 Å². The zero-order chi connectivity index (χ0) is 22.2. The number of nitro groups is 2. The number of benzene rings is 2. The normalized spacial score (nSPS) is 17.5. The SMILES string of the molecule is O=C(O[C@H]1CCCCCc2ccc(cc2)CCCC1)c1cc([N+](=O)[O-])cc([N+](=O)[O-])c1. The molecule has 0 amide bonds. The Morgan fingerprint density at radius 1 is 0.774 bits per heavy atom. The summed E-state index contributed by atoms with van der Waals surface area (Å²) in [7, 11) is 0. The van der Waals surface area contributed by atoms with E-state index in [1.54, 1.807) is 0 Å². The number of ether oxygens (including phenoxy) is 1. The molecule has 4 rings (SSSR count). The predicted octanol–water partition coefficient (Wildman–Crippen LogP) is 5.56. The number of hydrogen-bond donors (Lipinski definition) is 0. The number of esters is 1. The number of carbonyl (C=O) groups is 1. The van der Waals surface area contributed by atoms with Gasteiger partial charge in [-0.15, -0.1) is 0 Å². The second-order valence-corrected chi connectivity index (χ2v) is 7.94. The summed E-state index contributed by atoms with van der Waals surface area (Å²) in [5.74, 6) is -0.757. The topological polar surface area (TPSA) is 113 Å². The monoisotopic (exact) mass is 426 g/mol. The maximum Gasteiger partial charge on any atom is 0.338 e. The number of rotatable bonds is 4. The van der Waals surface area contributed by atoms with Crippen molar-refractivity contribution in [3.05, 3.63) is 79.4 Å². The van der Waals surface area contributed by atoms with Crippen molar-refractivity contribution in [2.45, 2.75) is 63.9 Å². The van der Waals surface area contributed by atoms with Crippen LogP contribution in [-0.2, 0) is 17.6 Å². The average molecular weight is 426 g/mol. The molecule has 2 aromatic rings. The summed E-state index contributed by atoms with van der Waals surface area (Å²) in [5.41, 5.74) is 1.45. The van der Waals surface area contributed by atoms with Gasteiger partial charge in [0, 0.05) is 12.1 Å². The lowest BCUT2D eigenvalue weighted by molar-refractivity contribution is -0.394. The van der Waals surface area contributed by atoms with Crippen LogP contribution >= 0.6 is 0 Å². The minimum absolute atomic E-state index is 0.167. The minimum atomic E-state index is -0.757. The first-order valence-electron chi connectivity index (χ1n) is 10.6. The third-order valence-electron chi connectivity index (χ3n) is 5.59. The molecule has 0 fully saturated rings. The quantitative estimate of drug-likeness (QED) is 0.359. The van der Waals surface area contributed by atoms with Gasteiger partial charge in [-0.05, 0) is 62.5 Å². The fourth-order valence-electron chi connectivity index (χ4n) is 3.86. The van der Waals surface area contributed by atoms with Crippen LogP contribution in [0.3, 0.4) is 0 Å². The zero-order valence-corrected chi connectivity index (χ0v) is 17.3. The molecule has 0 radical (unpaired) electrons. The van der Waals surface area contributed by atoms with Crippen molar-refractivity contribution in [2.75, 3.05) is 0 Å². The lowest BCUT2D eigenvalue weighted by atomic mass is 9.98. The molecular weight excluding hydrogens is 400 g/mol. The first-order valence-corrected chi connectivity index (χ1v) is 10.6. The van der Waals surface area contributed by atoms with Crippen LogP contribution in [0.5, 0.6) is 0 Å². The van der Waals surface area contributed by atoms with Crippen LogP contribution in [0.2, 0.25) is 0 Å². The molecule has 164 valence electrons. The summed E-state index contributed by atoms with van der Waals surface area (Å²) >= 11 is 0. The smallest absolute Gasteiger partial charge is 0.338 e. The molecule has 2 aliphatic carbocycles. The van der Waals surface area contributed by atoms with Gasteiger partial charge in [-0.2, -0.15) is 0 Å². The summed E-state index contributed by atoms with van der Waals surface area (Å²) in [6, 6.07) is 11.6. The lowest BCUT2D eigenvalue weighted by Gasteiger charge is -2.18. The number of non-ortho nitro benzene ring substituents is 2. The molecule has 0 saturated heterocycles. The third-order valence-corrected chi connectivity index (χ3v) is 5.59. The maximum atomic E-state index is 12.6. The van der Waals surface area contributed by atoms with E-state index in [9.17, 15) is 25.0 Å². The molecule has 8 nitrogen and oxygen atoms in total. The van der Waals surface area contributed by atoms with Crippen LogP contribution < -0.4 is 0 Å². The highest BCUT2D eigenvalue weighted by Crippen LogP contribution is 2.25. The van der Waals surface area contributed by atoms with Crippen molar-refractivity contribution < 1.29 is 19.4 Å². The summed E-state index contributed by atoms with van der Waals surface area (Å²) in [5, 5.41) is 22.2.